The second kappa shape index (κ2) is 6.60. The Morgan fingerprint density at radius 3 is 1.27 bits per heavy atom. The minimum absolute atomic E-state index is 0.613. The SMILES string of the molecule is O=C(Nc1cccc(NC(=O)C(F)(F)C(F)(F)F)n1)C(F)(F)C(F)(F)F. The lowest BCUT2D eigenvalue weighted by molar-refractivity contribution is -0.267. The molecule has 0 radical (unpaired) electrons. The third-order valence-electron chi connectivity index (χ3n) is 2.51. The molecule has 0 aliphatic rings. The summed E-state index contributed by atoms with van der Waals surface area (Å²) in [6.07, 6.45) is -12.5. The molecule has 1 heterocycles. The number of pyridine rings is 1. The summed E-state index contributed by atoms with van der Waals surface area (Å²) in [5, 5.41) is 1.98. The molecule has 1 aromatic heterocycles. The molecule has 1 rings (SSSR count). The van der Waals surface area contributed by atoms with Crippen molar-refractivity contribution in [2.45, 2.75) is 24.2 Å². The van der Waals surface area contributed by atoms with E-state index in [2.05, 4.69) is 4.98 Å². The zero-order valence-corrected chi connectivity index (χ0v) is 11.8. The van der Waals surface area contributed by atoms with Crippen molar-refractivity contribution in [1.82, 2.24) is 4.98 Å². The van der Waals surface area contributed by atoms with Crippen molar-refractivity contribution in [3.63, 3.8) is 0 Å². The molecule has 15 heteroatoms. The molecule has 2 N–H and O–H groups in total. The fourth-order valence-electron chi connectivity index (χ4n) is 1.22. The van der Waals surface area contributed by atoms with Gasteiger partial charge in [-0.25, -0.2) is 4.98 Å². The van der Waals surface area contributed by atoms with Gasteiger partial charge in [-0.05, 0) is 12.1 Å². The molecule has 5 nitrogen and oxygen atoms in total. The van der Waals surface area contributed by atoms with E-state index in [0.29, 0.717) is 12.1 Å². The van der Waals surface area contributed by atoms with Gasteiger partial charge >= 0.3 is 36.0 Å². The van der Waals surface area contributed by atoms with E-state index in [4.69, 9.17) is 0 Å². The molecule has 1 aromatic rings. The number of anilines is 2. The number of halogens is 10. The number of nitrogens with zero attached hydrogens (tertiary/aromatic N) is 1. The summed E-state index contributed by atoms with van der Waals surface area (Å²) < 4.78 is 123. The Balaban J connectivity index is 2.97. The van der Waals surface area contributed by atoms with Crippen molar-refractivity contribution in [3.8, 4) is 0 Å². The van der Waals surface area contributed by atoms with Crippen LogP contribution in [0.4, 0.5) is 55.5 Å². The first-order valence-electron chi connectivity index (χ1n) is 5.99. The van der Waals surface area contributed by atoms with Crippen LogP contribution in [-0.2, 0) is 9.59 Å². The van der Waals surface area contributed by atoms with E-state index in [1.807, 2.05) is 0 Å². The summed E-state index contributed by atoms with van der Waals surface area (Å²) in [4.78, 5) is 24.8. The summed E-state index contributed by atoms with van der Waals surface area (Å²) in [7, 11) is 0. The minimum Gasteiger partial charge on any atom is -0.305 e. The maximum Gasteiger partial charge on any atom is 0.463 e. The van der Waals surface area contributed by atoms with E-state index in [0.717, 1.165) is 16.7 Å². The summed E-state index contributed by atoms with van der Waals surface area (Å²) in [5.41, 5.74) is 0. The Morgan fingerprint density at radius 2 is 1.00 bits per heavy atom. The quantitative estimate of drug-likeness (QED) is 0.761. The van der Waals surface area contributed by atoms with E-state index in [1.165, 1.54) is 0 Å². The van der Waals surface area contributed by atoms with Gasteiger partial charge in [0, 0.05) is 0 Å². The molecule has 0 saturated heterocycles. The molecule has 0 bridgehead atoms. The first-order chi connectivity index (χ1) is 11.5. The standard InChI is InChI=1S/C11H5F10N3O2/c12-8(13,10(16,17)18)6(25)23-4-2-1-3-5(22-4)24-7(26)9(14,15)11(19,20)21/h1-3H,(H2,22,23,24,25,26). The number of carbonyl (C=O) groups is 2. The van der Waals surface area contributed by atoms with Gasteiger partial charge in [0.05, 0.1) is 0 Å². The molecule has 0 aliphatic heterocycles. The van der Waals surface area contributed by atoms with Crippen molar-refractivity contribution in [1.29, 1.82) is 0 Å². The lowest BCUT2D eigenvalue weighted by Crippen LogP contribution is -2.47. The number of hydrogen-bond donors (Lipinski definition) is 2. The third-order valence-corrected chi connectivity index (χ3v) is 2.51. The Morgan fingerprint density at radius 1 is 0.692 bits per heavy atom. The molecular weight excluding hydrogens is 396 g/mol. The van der Waals surface area contributed by atoms with Gasteiger partial charge in [0.1, 0.15) is 11.6 Å². The van der Waals surface area contributed by atoms with E-state index >= 15 is 0 Å². The van der Waals surface area contributed by atoms with Gasteiger partial charge in [0.2, 0.25) is 0 Å². The molecule has 26 heavy (non-hydrogen) atoms. The minimum atomic E-state index is -6.25. The van der Waals surface area contributed by atoms with Crippen LogP contribution in [0.2, 0.25) is 0 Å². The topological polar surface area (TPSA) is 71.1 Å². The predicted octanol–water partition coefficient (Wildman–Crippen LogP) is 3.35. The highest BCUT2D eigenvalue weighted by molar-refractivity contribution is 5.97. The van der Waals surface area contributed by atoms with Crippen molar-refractivity contribution in [3.05, 3.63) is 18.2 Å². The average Bonchev–Trinajstić information content (AvgIpc) is 2.44. The molecule has 0 spiro atoms. The van der Waals surface area contributed by atoms with E-state index in [1.54, 1.807) is 0 Å². The second-order valence-electron chi connectivity index (χ2n) is 4.46. The molecular formula is C11H5F10N3O2. The van der Waals surface area contributed by atoms with Gasteiger partial charge in [-0.1, -0.05) is 6.07 Å². The average molecular weight is 401 g/mol. The number of alkyl halides is 10. The number of carbonyl (C=O) groups excluding carboxylic acids is 2. The van der Waals surface area contributed by atoms with Crippen LogP contribution < -0.4 is 10.6 Å². The second-order valence-corrected chi connectivity index (χ2v) is 4.46. The number of rotatable bonds is 4. The predicted molar refractivity (Wildman–Crippen MR) is 63.5 cm³/mol. The smallest absolute Gasteiger partial charge is 0.305 e. The highest BCUT2D eigenvalue weighted by atomic mass is 19.4. The van der Waals surface area contributed by atoms with Gasteiger partial charge in [-0.2, -0.15) is 43.9 Å². The lowest BCUT2D eigenvalue weighted by Gasteiger charge is -2.19. The van der Waals surface area contributed by atoms with E-state index in [-0.39, 0.29) is 0 Å². The molecule has 146 valence electrons. The maximum absolute atomic E-state index is 12.7. The molecule has 0 unspecified atom stereocenters. The molecule has 2 amide bonds. The molecule has 0 aliphatic carbocycles. The highest BCUT2D eigenvalue weighted by Gasteiger charge is 2.64. The van der Waals surface area contributed by atoms with E-state index < -0.39 is 47.6 Å². The van der Waals surface area contributed by atoms with Crippen LogP contribution >= 0.6 is 0 Å². The number of nitrogens with one attached hydrogen (secondary N) is 2. The zero-order valence-electron chi connectivity index (χ0n) is 11.8. The van der Waals surface area contributed by atoms with Gasteiger partial charge in [-0.3, -0.25) is 9.59 Å². The summed E-state index contributed by atoms with van der Waals surface area (Å²) in [5.74, 6) is -19.6. The van der Waals surface area contributed by atoms with Crippen LogP contribution in [0.25, 0.3) is 0 Å². The van der Waals surface area contributed by atoms with Crippen molar-refractivity contribution in [2.24, 2.45) is 0 Å². The lowest BCUT2D eigenvalue weighted by atomic mass is 10.3. The summed E-state index contributed by atoms with van der Waals surface area (Å²) >= 11 is 0. The zero-order chi connectivity index (χ0) is 20.6. The van der Waals surface area contributed by atoms with Gasteiger partial charge in [0.15, 0.2) is 0 Å². The molecule has 0 aromatic carbocycles. The number of aromatic nitrogens is 1. The Bertz CT molecular complexity index is 643. The largest absolute Gasteiger partial charge is 0.463 e. The summed E-state index contributed by atoms with van der Waals surface area (Å²) in [6.45, 7) is 0. The van der Waals surface area contributed by atoms with Gasteiger partial charge in [0.25, 0.3) is 0 Å². The van der Waals surface area contributed by atoms with Crippen LogP contribution in [0.15, 0.2) is 18.2 Å². The molecule has 0 atom stereocenters. The maximum atomic E-state index is 12.7. The van der Waals surface area contributed by atoms with Crippen LogP contribution in [-0.4, -0.2) is 41.0 Å². The summed E-state index contributed by atoms with van der Waals surface area (Å²) in [6, 6.07) is 1.94. The van der Waals surface area contributed by atoms with Crippen LogP contribution in [0, 0.1) is 0 Å². The highest BCUT2D eigenvalue weighted by Crippen LogP contribution is 2.37. The molecule has 0 saturated carbocycles. The van der Waals surface area contributed by atoms with Crippen molar-refractivity contribution < 1.29 is 53.5 Å². The third kappa shape index (κ3) is 4.32. The Kier molecular flexibility index (Phi) is 5.44. The Labute approximate surface area is 136 Å². The van der Waals surface area contributed by atoms with Crippen molar-refractivity contribution >= 4 is 23.5 Å². The monoisotopic (exact) mass is 401 g/mol. The van der Waals surface area contributed by atoms with Gasteiger partial charge < -0.3 is 10.6 Å². The fraction of sp³-hybridized carbons (Fsp3) is 0.364. The number of hydrogen-bond acceptors (Lipinski definition) is 3. The van der Waals surface area contributed by atoms with Crippen LogP contribution in [0.3, 0.4) is 0 Å². The van der Waals surface area contributed by atoms with Crippen molar-refractivity contribution in [2.75, 3.05) is 10.6 Å². The van der Waals surface area contributed by atoms with Crippen LogP contribution in [0.1, 0.15) is 0 Å². The Hall–Kier alpha value is -2.61. The fourth-order valence-corrected chi connectivity index (χ4v) is 1.22. The van der Waals surface area contributed by atoms with Crippen LogP contribution in [0.5, 0.6) is 0 Å². The van der Waals surface area contributed by atoms with E-state index in [9.17, 15) is 53.5 Å². The normalized spacial score (nSPS) is 13.3. The first-order valence-corrected chi connectivity index (χ1v) is 5.99. The van der Waals surface area contributed by atoms with Gasteiger partial charge in [-0.15, -0.1) is 0 Å². The first kappa shape index (κ1) is 21.4. The molecule has 0 fully saturated rings. The number of amides is 2.